The first-order chi connectivity index (χ1) is 10.5. The molecule has 5 heteroatoms. The van der Waals surface area contributed by atoms with E-state index < -0.39 is 5.97 Å². The van der Waals surface area contributed by atoms with Crippen LogP contribution >= 0.6 is 0 Å². The monoisotopic (exact) mass is 302 g/mol. The van der Waals surface area contributed by atoms with Gasteiger partial charge in [-0.05, 0) is 38.0 Å². The van der Waals surface area contributed by atoms with Gasteiger partial charge in [0, 0.05) is 11.5 Å². The molecule has 2 rings (SSSR count). The lowest BCUT2D eigenvalue weighted by Gasteiger charge is -2.14. The summed E-state index contributed by atoms with van der Waals surface area (Å²) in [7, 11) is 1.32. The highest BCUT2D eigenvalue weighted by atomic mass is 16.5. The molecule has 0 bridgehead atoms. The Morgan fingerprint density at radius 1 is 1.32 bits per heavy atom. The maximum Gasteiger partial charge on any atom is 0.336 e. The molecule has 1 aliphatic rings. The highest BCUT2D eigenvalue weighted by Gasteiger charge is 2.32. The molecule has 0 aliphatic heterocycles. The Labute approximate surface area is 128 Å². The van der Waals surface area contributed by atoms with Crippen LogP contribution in [0.2, 0.25) is 0 Å². The third-order valence-electron chi connectivity index (χ3n) is 3.42. The third-order valence-corrected chi connectivity index (χ3v) is 3.42. The molecular weight excluding hydrogens is 284 g/mol. The second kappa shape index (κ2) is 6.41. The molecule has 0 heterocycles. The standard InChI is InChI=1S/C17H18O5/c1-4-15(12-7-8-13(18)14(19)9-12)22-16(11-5-6-11)10(2)17(20)21-3/h7-9,11,18-19H,1,5-6H2,2-3H3. The molecule has 0 saturated heterocycles. The Kier molecular flexibility index (Phi) is 4.59. The summed E-state index contributed by atoms with van der Waals surface area (Å²) in [6, 6.07) is 4.26. The zero-order chi connectivity index (χ0) is 16.3. The van der Waals surface area contributed by atoms with Crippen molar-refractivity contribution in [2.45, 2.75) is 19.8 Å². The van der Waals surface area contributed by atoms with Crippen LogP contribution in [0.25, 0.3) is 5.76 Å². The van der Waals surface area contributed by atoms with E-state index in [1.807, 2.05) is 0 Å². The number of phenols is 2. The van der Waals surface area contributed by atoms with Crippen LogP contribution in [0.4, 0.5) is 0 Å². The molecule has 0 radical (unpaired) electrons. The molecular formula is C17H18O5. The molecule has 22 heavy (non-hydrogen) atoms. The van der Waals surface area contributed by atoms with Crippen LogP contribution in [-0.2, 0) is 14.3 Å². The Balaban J connectivity index is 2.33. The average Bonchev–Trinajstić information content (AvgIpc) is 3.34. The largest absolute Gasteiger partial charge is 0.504 e. The second-order valence-electron chi connectivity index (χ2n) is 5.07. The highest BCUT2D eigenvalue weighted by molar-refractivity contribution is 5.88. The van der Waals surface area contributed by atoms with E-state index in [4.69, 9.17) is 9.47 Å². The van der Waals surface area contributed by atoms with Crippen molar-refractivity contribution in [1.82, 2.24) is 0 Å². The summed E-state index contributed by atoms with van der Waals surface area (Å²) in [6.45, 7) is 5.22. The lowest BCUT2D eigenvalue weighted by atomic mass is 10.1. The van der Waals surface area contributed by atoms with Gasteiger partial charge in [0.15, 0.2) is 17.3 Å². The number of ether oxygens (including phenoxy) is 2. The van der Waals surface area contributed by atoms with Gasteiger partial charge in [0.25, 0.3) is 0 Å². The number of methoxy groups -OCH3 is 1. The van der Waals surface area contributed by atoms with Crippen molar-refractivity contribution < 1.29 is 24.5 Å². The second-order valence-corrected chi connectivity index (χ2v) is 5.07. The first-order valence-electron chi connectivity index (χ1n) is 6.87. The Morgan fingerprint density at radius 3 is 2.50 bits per heavy atom. The number of hydrogen-bond donors (Lipinski definition) is 2. The fourth-order valence-electron chi connectivity index (χ4n) is 2.04. The van der Waals surface area contributed by atoms with E-state index in [-0.39, 0.29) is 23.2 Å². The van der Waals surface area contributed by atoms with E-state index in [1.165, 1.54) is 19.2 Å². The van der Waals surface area contributed by atoms with E-state index in [9.17, 15) is 15.0 Å². The Hall–Kier alpha value is -2.65. The molecule has 1 aromatic rings. The summed E-state index contributed by atoms with van der Waals surface area (Å²) in [4.78, 5) is 11.7. The normalized spacial score (nSPS) is 14.6. The predicted octanol–water partition coefficient (Wildman–Crippen LogP) is 3.10. The van der Waals surface area contributed by atoms with Crippen LogP contribution < -0.4 is 0 Å². The Morgan fingerprint density at radius 2 is 2.00 bits per heavy atom. The molecule has 1 aliphatic carbocycles. The topological polar surface area (TPSA) is 76.0 Å². The molecule has 0 aromatic heterocycles. The number of esters is 1. The van der Waals surface area contributed by atoms with Crippen LogP contribution in [-0.4, -0.2) is 23.3 Å². The van der Waals surface area contributed by atoms with Crippen molar-refractivity contribution in [3.05, 3.63) is 47.4 Å². The van der Waals surface area contributed by atoms with Crippen LogP contribution in [0.1, 0.15) is 25.3 Å². The maximum atomic E-state index is 11.7. The summed E-state index contributed by atoms with van der Waals surface area (Å²) in [6.07, 6.45) is 1.88. The van der Waals surface area contributed by atoms with Gasteiger partial charge in [0.2, 0.25) is 0 Å². The molecule has 0 spiro atoms. The van der Waals surface area contributed by atoms with Crippen molar-refractivity contribution in [1.29, 1.82) is 0 Å². The van der Waals surface area contributed by atoms with Gasteiger partial charge >= 0.3 is 5.97 Å². The van der Waals surface area contributed by atoms with Gasteiger partial charge in [-0.1, -0.05) is 12.3 Å². The van der Waals surface area contributed by atoms with Gasteiger partial charge in [-0.3, -0.25) is 0 Å². The van der Waals surface area contributed by atoms with E-state index in [0.29, 0.717) is 16.9 Å². The molecule has 0 amide bonds. The maximum absolute atomic E-state index is 11.7. The van der Waals surface area contributed by atoms with Gasteiger partial charge in [-0.25, -0.2) is 4.79 Å². The van der Waals surface area contributed by atoms with Crippen LogP contribution in [0, 0.1) is 5.92 Å². The van der Waals surface area contributed by atoms with E-state index in [0.717, 1.165) is 12.8 Å². The first kappa shape index (κ1) is 15.7. The van der Waals surface area contributed by atoms with Crippen LogP contribution in [0.3, 0.4) is 0 Å². The van der Waals surface area contributed by atoms with Gasteiger partial charge in [-0.15, -0.1) is 0 Å². The number of carbonyl (C=O) groups is 1. The minimum atomic E-state index is -0.445. The SMILES string of the molecule is C=C=C(OC(=C(C)C(=O)OC)C1CC1)c1ccc(O)c(O)c1. The number of carbonyl (C=O) groups excluding carboxylic acids is 1. The summed E-state index contributed by atoms with van der Waals surface area (Å²) >= 11 is 0. The molecule has 0 atom stereocenters. The van der Waals surface area contributed by atoms with Gasteiger partial charge in [-0.2, -0.15) is 0 Å². The summed E-state index contributed by atoms with van der Waals surface area (Å²) in [5.74, 6) is 0.0457. The van der Waals surface area contributed by atoms with Gasteiger partial charge in [0.05, 0.1) is 12.7 Å². The Bertz CT molecular complexity index is 676. The minimum absolute atomic E-state index is 0.174. The van der Waals surface area contributed by atoms with Crippen molar-refractivity contribution >= 4 is 11.7 Å². The molecule has 1 fully saturated rings. The van der Waals surface area contributed by atoms with Crippen LogP contribution in [0.5, 0.6) is 11.5 Å². The molecule has 2 N–H and O–H groups in total. The highest BCUT2D eigenvalue weighted by Crippen LogP contribution is 2.41. The van der Waals surface area contributed by atoms with Crippen molar-refractivity contribution in [3.8, 4) is 11.5 Å². The zero-order valence-electron chi connectivity index (χ0n) is 12.5. The molecule has 5 nitrogen and oxygen atoms in total. The van der Waals surface area contributed by atoms with Crippen LogP contribution in [0.15, 0.2) is 41.8 Å². The lowest BCUT2D eigenvalue weighted by molar-refractivity contribution is -0.136. The van der Waals surface area contributed by atoms with Crippen molar-refractivity contribution in [2.75, 3.05) is 7.11 Å². The van der Waals surface area contributed by atoms with Crippen molar-refractivity contribution in [3.63, 3.8) is 0 Å². The summed E-state index contributed by atoms with van der Waals surface area (Å²) < 4.78 is 10.5. The molecule has 1 aromatic carbocycles. The lowest BCUT2D eigenvalue weighted by Crippen LogP contribution is -2.08. The quantitative estimate of drug-likeness (QED) is 0.287. The van der Waals surface area contributed by atoms with Crippen molar-refractivity contribution in [2.24, 2.45) is 5.92 Å². The number of hydrogen-bond acceptors (Lipinski definition) is 5. The van der Waals surface area contributed by atoms with Gasteiger partial charge in [0.1, 0.15) is 5.76 Å². The molecule has 0 unspecified atom stereocenters. The number of aromatic hydroxyl groups is 2. The summed E-state index contributed by atoms with van der Waals surface area (Å²) in [5, 5.41) is 18.9. The molecule has 1 saturated carbocycles. The predicted molar refractivity (Wildman–Crippen MR) is 80.8 cm³/mol. The number of benzene rings is 1. The summed E-state index contributed by atoms with van der Waals surface area (Å²) in [5.41, 5.74) is 3.56. The number of phenolic OH excluding ortho intramolecular Hbond substituents is 2. The zero-order valence-corrected chi connectivity index (χ0v) is 12.5. The average molecular weight is 302 g/mol. The first-order valence-corrected chi connectivity index (χ1v) is 6.87. The smallest absolute Gasteiger partial charge is 0.336 e. The fourth-order valence-corrected chi connectivity index (χ4v) is 2.04. The third kappa shape index (κ3) is 3.32. The van der Waals surface area contributed by atoms with E-state index >= 15 is 0 Å². The fraction of sp³-hybridized carbons (Fsp3) is 0.294. The van der Waals surface area contributed by atoms with E-state index in [1.54, 1.807) is 13.0 Å². The number of allylic oxidation sites excluding steroid dienone is 1. The molecule has 116 valence electrons. The van der Waals surface area contributed by atoms with Gasteiger partial charge < -0.3 is 19.7 Å². The number of rotatable bonds is 5. The van der Waals surface area contributed by atoms with E-state index in [2.05, 4.69) is 12.3 Å². The minimum Gasteiger partial charge on any atom is -0.504 e.